The molecule has 1 fully saturated rings. The molecule has 0 spiro atoms. The first-order chi connectivity index (χ1) is 21.5. The number of carbonyl (C=O) groups excluding carboxylic acids is 3. The number of sulfonamides is 1. The Bertz CT molecular complexity index is 1760. The van der Waals surface area contributed by atoms with E-state index in [9.17, 15) is 22.8 Å². The van der Waals surface area contributed by atoms with Crippen molar-refractivity contribution in [2.24, 2.45) is 10.9 Å². The number of piperazine rings is 1. The van der Waals surface area contributed by atoms with E-state index >= 15 is 0 Å². The fourth-order valence-corrected chi connectivity index (χ4v) is 8.09. The molecule has 2 amide bonds. The van der Waals surface area contributed by atoms with Crippen molar-refractivity contribution in [2.75, 3.05) is 46.4 Å². The van der Waals surface area contributed by atoms with Crippen LogP contribution in [0.1, 0.15) is 39.3 Å². The van der Waals surface area contributed by atoms with Gasteiger partial charge in [-0.3, -0.25) is 14.4 Å². The first kappa shape index (κ1) is 32.3. The number of nitrogens with two attached hydrogens (primary N) is 1. The van der Waals surface area contributed by atoms with Gasteiger partial charge in [-0.1, -0.05) is 23.4 Å². The molecule has 16 heteroatoms. The number of oxime groups is 1. The van der Waals surface area contributed by atoms with Crippen LogP contribution in [0.25, 0.3) is 10.8 Å². The fraction of sp³-hybridized carbons (Fsp3) is 0.414. The summed E-state index contributed by atoms with van der Waals surface area (Å²) >= 11 is 1.32. The third-order valence-corrected chi connectivity index (χ3v) is 10.8. The van der Waals surface area contributed by atoms with Gasteiger partial charge < -0.3 is 30.8 Å². The Morgan fingerprint density at radius 1 is 1.16 bits per heavy atom. The van der Waals surface area contributed by atoms with Crippen LogP contribution in [-0.4, -0.2) is 109 Å². The van der Waals surface area contributed by atoms with Gasteiger partial charge in [0.2, 0.25) is 15.9 Å². The fourth-order valence-electron chi connectivity index (χ4n) is 5.44. The Hall–Kier alpha value is -4.12. The second-order valence-corrected chi connectivity index (χ2v) is 13.9. The number of amides is 2. The lowest BCUT2D eigenvalue weighted by Crippen LogP contribution is -2.57. The van der Waals surface area contributed by atoms with E-state index < -0.39 is 27.9 Å². The molecule has 2 aliphatic heterocycles. The maximum absolute atomic E-state index is 13.9. The lowest BCUT2D eigenvalue weighted by atomic mass is 10.1. The van der Waals surface area contributed by atoms with Gasteiger partial charge in [0.25, 0.3) is 5.91 Å². The molecule has 0 radical (unpaired) electrons. The predicted molar refractivity (Wildman–Crippen MR) is 166 cm³/mol. The second-order valence-electron chi connectivity index (χ2n) is 10.9. The summed E-state index contributed by atoms with van der Waals surface area (Å²) in [5.41, 5.74) is 7.06. The molecule has 1 unspecified atom stereocenters. The molecule has 2 aliphatic rings. The molecule has 4 N–H and O–H groups in total. The number of nitrogens with one attached hydrogen (secondary N) is 1. The average molecular weight is 658 g/mol. The standard InChI is InChI=1S/C29H35N7O7S2/c1-3-43-26(38)15-31-25(37)14-21-16-35(10-11-36(21)29(39)28-32-23-8-9-34(2)17-24(23)44-28)45(41,42)22-7-6-18-12-20(27(30)33-40)5-4-19(18)13-22/h4-7,12-13,21,40H,3,8-11,14-17H2,1-2H3,(H2,30,33)(H,31,37). The van der Waals surface area contributed by atoms with Crippen molar-refractivity contribution < 1.29 is 32.7 Å². The number of nitrogens with zero attached hydrogens (tertiary/aromatic N) is 5. The number of aromatic nitrogens is 1. The molecule has 1 aromatic heterocycles. The van der Waals surface area contributed by atoms with E-state index in [2.05, 4.69) is 20.4 Å². The smallest absolute Gasteiger partial charge is 0.325 e. The molecule has 1 atom stereocenters. The lowest BCUT2D eigenvalue weighted by molar-refractivity contribution is -0.143. The third-order valence-electron chi connectivity index (χ3n) is 7.82. The summed E-state index contributed by atoms with van der Waals surface area (Å²) in [7, 11) is -2.02. The topological polar surface area (TPSA) is 188 Å². The monoisotopic (exact) mass is 657 g/mol. The van der Waals surface area contributed by atoms with Crippen molar-refractivity contribution in [1.82, 2.24) is 24.4 Å². The second kappa shape index (κ2) is 13.5. The van der Waals surface area contributed by atoms with Gasteiger partial charge in [-0.05, 0) is 42.9 Å². The van der Waals surface area contributed by atoms with Gasteiger partial charge in [0.1, 0.15) is 6.54 Å². The number of ether oxygens (including phenoxy) is 1. The van der Waals surface area contributed by atoms with E-state index in [-0.39, 0.29) is 55.8 Å². The minimum atomic E-state index is -4.03. The molecule has 45 heavy (non-hydrogen) atoms. The summed E-state index contributed by atoms with van der Waals surface area (Å²) in [4.78, 5) is 47.8. The average Bonchev–Trinajstić information content (AvgIpc) is 3.46. The molecule has 3 heterocycles. The van der Waals surface area contributed by atoms with Crippen LogP contribution < -0.4 is 11.1 Å². The van der Waals surface area contributed by atoms with E-state index in [1.807, 2.05) is 7.05 Å². The van der Waals surface area contributed by atoms with Crippen molar-refractivity contribution >= 4 is 55.8 Å². The van der Waals surface area contributed by atoms with E-state index in [1.54, 1.807) is 31.2 Å². The number of fused-ring (bicyclic) bond motifs is 2. The van der Waals surface area contributed by atoms with Crippen LogP contribution in [0.4, 0.5) is 0 Å². The van der Waals surface area contributed by atoms with Crippen LogP contribution in [0.3, 0.4) is 0 Å². The van der Waals surface area contributed by atoms with Gasteiger partial charge >= 0.3 is 5.97 Å². The molecule has 0 bridgehead atoms. The van der Waals surface area contributed by atoms with Crippen molar-refractivity contribution in [1.29, 1.82) is 0 Å². The molecule has 5 rings (SSSR count). The van der Waals surface area contributed by atoms with E-state index in [0.29, 0.717) is 27.9 Å². The zero-order valence-corrected chi connectivity index (χ0v) is 26.6. The number of hydrogen-bond acceptors (Lipinski definition) is 11. The van der Waals surface area contributed by atoms with Crippen LogP contribution >= 0.6 is 11.3 Å². The number of amidine groups is 1. The molecular formula is C29H35N7O7S2. The maximum Gasteiger partial charge on any atom is 0.325 e. The van der Waals surface area contributed by atoms with Gasteiger partial charge in [0.05, 0.1) is 23.2 Å². The highest BCUT2D eigenvalue weighted by Crippen LogP contribution is 2.29. The van der Waals surface area contributed by atoms with Gasteiger partial charge in [-0.25, -0.2) is 13.4 Å². The zero-order valence-electron chi connectivity index (χ0n) is 24.9. The molecular weight excluding hydrogens is 622 g/mol. The van der Waals surface area contributed by atoms with Gasteiger partial charge in [-0.15, -0.1) is 11.3 Å². The zero-order chi connectivity index (χ0) is 32.3. The highest BCUT2D eigenvalue weighted by Gasteiger charge is 2.39. The number of esters is 1. The summed E-state index contributed by atoms with van der Waals surface area (Å²) in [6, 6.07) is 8.83. The minimum absolute atomic E-state index is 0.0172. The van der Waals surface area contributed by atoms with Crippen LogP contribution in [0.15, 0.2) is 46.4 Å². The molecule has 0 aliphatic carbocycles. The minimum Gasteiger partial charge on any atom is -0.465 e. The Morgan fingerprint density at radius 3 is 2.67 bits per heavy atom. The van der Waals surface area contributed by atoms with Gasteiger partial charge in [0.15, 0.2) is 10.8 Å². The summed E-state index contributed by atoms with van der Waals surface area (Å²) < 4.78 is 33.9. The molecule has 14 nitrogen and oxygen atoms in total. The van der Waals surface area contributed by atoms with Crippen molar-refractivity contribution in [3.8, 4) is 0 Å². The first-order valence-corrected chi connectivity index (χ1v) is 16.7. The van der Waals surface area contributed by atoms with E-state index in [1.165, 1.54) is 32.7 Å². The predicted octanol–water partition coefficient (Wildman–Crippen LogP) is 0.963. The van der Waals surface area contributed by atoms with E-state index in [4.69, 9.17) is 15.7 Å². The van der Waals surface area contributed by atoms with Crippen LogP contribution in [0.5, 0.6) is 0 Å². The summed E-state index contributed by atoms with van der Waals surface area (Å²) in [6.45, 7) is 2.96. The Kier molecular flexibility index (Phi) is 9.67. The molecule has 1 saturated heterocycles. The first-order valence-electron chi connectivity index (χ1n) is 14.4. The number of thiazole rings is 1. The number of likely N-dealkylation sites (N-methyl/N-ethyl adjacent to an activating group) is 1. The highest BCUT2D eigenvalue weighted by molar-refractivity contribution is 7.89. The van der Waals surface area contributed by atoms with Crippen molar-refractivity contribution in [2.45, 2.75) is 37.2 Å². The third kappa shape index (κ3) is 7.08. The van der Waals surface area contributed by atoms with Crippen LogP contribution in [0.2, 0.25) is 0 Å². The maximum atomic E-state index is 13.9. The number of rotatable bonds is 9. The summed E-state index contributed by atoms with van der Waals surface area (Å²) in [5.74, 6) is -1.54. The lowest BCUT2D eigenvalue weighted by Gasteiger charge is -2.40. The molecule has 2 aromatic carbocycles. The highest BCUT2D eigenvalue weighted by atomic mass is 32.2. The van der Waals surface area contributed by atoms with E-state index in [0.717, 1.165) is 23.5 Å². The Balaban J connectivity index is 1.38. The summed E-state index contributed by atoms with van der Waals surface area (Å²) in [5, 5.41) is 16.1. The number of hydrogen-bond donors (Lipinski definition) is 3. The van der Waals surface area contributed by atoms with Crippen molar-refractivity contribution in [3.63, 3.8) is 0 Å². The van der Waals surface area contributed by atoms with Crippen LogP contribution in [0, 0.1) is 0 Å². The normalized spacial score (nSPS) is 18.0. The Labute approximate surface area is 264 Å². The van der Waals surface area contributed by atoms with Crippen molar-refractivity contribution in [3.05, 3.63) is 57.5 Å². The number of benzene rings is 2. The molecule has 0 saturated carbocycles. The Morgan fingerprint density at radius 2 is 1.91 bits per heavy atom. The van der Waals surface area contributed by atoms with Gasteiger partial charge in [0, 0.05) is 56.0 Å². The molecule has 3 aromatic rings. The summed E-state index contributed by atoms with van der Waals surface area (Å²) in [6.07, 6.45) is 0.510. The number of carbonyl (C=O) groups is 3. The molecule has 240 valence electrons. The largest absolute Gasteiger partial charge is 0.465 e. The SMILES string of the molecule is CCOC(=O)CNC(=O)CC1CN(S(=O)(=O)c2ccc3cc(C(N)=NO)ccc3c2)CCN1C(=O)c1nc2c(s1)CN(C)CC2. The van der Waals surface area contributed by atoms with Gasteiger partial charge in [-0.2, -0.15) is 4.31 Å². The van der Waals surface area contributed by atoms with Crippen LogP contribution in [-0.2, 0) is 37.3 Å². The quantitative estimate of drug-likeness (QED) is 0.0984.